The summed E-state index contributed by atoms with van der Waals surface area (Å²) in [5, 5.41) is 0.735. The van der Waals surface area contributed by atoms with Gasteiger partial charge in [0.2, 0.25) is 5.91 Å². The predicted octanol–water partition coefficient (Wildman–Crippen LogP) is 3.05. The van der Waals surface area contributed by atoms with E-state index in [2.05, 4.69) is 0 Å². The molecule has 1 aliphatic rings. The number of halogens is 1. The number of morpholine rings is 1. The summed E-state index contributed by atoms with van der Waals surface area (Å²) < 4.78 is 11.1. The fraction of sp³-hybridized carbons (Fsp3) is 0.562. The van der Waals surface area contributed by atoms with Crippen LogP contribution in [0.25, 0.3) is 0 Å². The van der Waals surface area contributed by atoms with Gasteiger partial charge < -0.3 is 14.4 Å². The van der Waals surface area contributed by atoms with Gasteiger partial charge in [-0.3, -0.25) is 4.79 Å². The first-order valence-electron chi connectivity index (χ1n) is 7.34. The Morgan fingerprint density at radius 3 is 3.05 bits per heavy atom. The fourth-order valence-electron chi connectivity index (χ4n) is 2.32. The van der Waals surface area contributed by atoms with Gasteiger partial charge in [-0.05, 0) is 44.0 Å². The first kappa shape index (κ1) is 16.1. The fourth-order valence-corrected chi connectivity index (χ4v) is 2.44. The Bertz CT molecular complexity index is 492. The minimum Gasteiger partial charge on any atom is -0.494 e. The van der Waals surface area contributed by atoms with Crippen molar-refractivity contribution in [3.63, 3.8) is 0 Å². The molecule has 1 aromatic rings. The average Bonchev–Trinajstić information content (AvgIpc) is 2.47. The molecule has 1 unspecified atom stereocenters. The van der Waals surface area contributed by atoms with Crippen molar-refractivity contribution in [2.45, 2.75) is 32.8 Å². The molecule has 0 bridgehead atoms. The second-order valence-electron chi connectivity index (χ2n) is 5.38. The molecule has 1 heterocycles. The van der Waals surface area contributed by atoms with E-state index in [1.165, 1.54) is 0 Å². The van der Waals surface area contributed by atoms with E-state index in [4.69, 9.17) is 21.1 Å². The number of aryl methyl sites for hydroxylation is 1. The zero-order valence-corrected chi connectivity index (χ0v) is 13.4. The summed E-state index contributed by atoms with van der Waals surface area (Å²) in [6.45, 7) is 6.49. The topological polar surface area (TPSA) is 38.8 Å². The molecule has 1 aromatic carbocycles. The van der Waals surface area contributed by atoms with E-state index in [-0.39, 0.29) is 12.0 Å². The van der Waals surface area contributed by atoms with Crippen LogP contribution in [0, 0.1) is 6.92 Å². The summed E-state index contributed by atoms with van der Waals surface area (Å²) in [5.74, 6) is 0.977. The molecule has 116 valence electrons. The lowest BCUT2D eigenvalue weighted by Gasteiger charge is -2.31. The van der Waals surface area contributed by atoms with Crippen molar-refractivity contribution in [2.24, 2.45) is 0 Å². The van der Waals surface area contributed by atoms with Crippen molar-refractivity contribution >= 4 is 17.5 Å². The van der Waals surface area contributed by atoms with Crippen molar-refractivity contribution < 1.29 is 14.3 Å². The molecule has 0 spiro atoms. The smallest absolute Gasteiger partial charge is 0.222 e. The van der Waals surface area contributed by atoms with Gasteiger partial charge in [-0.15, -0.1) is 0 Å². The molecule has 5 heteroatoms. The van der Waals surface area contributed by atoms with Crippen LogP contribution in [0.5, 0.6) is 5.75 Å². The second kappa shape index (κ2) is 7.66. The molecule has 4 nitrogen and oxygen atoms in total. The van der Waals surface area contributed by atoms with Gasteiger partial charge in [0.25, 0.3) is 0 Å². The Balaban J connectivity index is 1.69. The zero-order chi connectivity index (χ0) is 15.2. The molecule has 1 saturated heterocycles. The quantitative estimate of drug-likeness (QED) is 0.785. The van der Waals surface area contributed by atoms with Crippen LogP contribution in [-0.4, -0.2) is 43.2 Å². The SMILES string of the molecule is Cc1cc(OCCCC(=O)N2CCOC(C)C2)ccc1Cl. The molecular formula is C16H22ClNO3. The maximum Gasteiger partial charge on any atom is 0.222 e. The maximum atomic E-state index is 12.1. The van der Waals surface area contributed by atoms with Crippen molar-refractivity contribution in [3.05, 3.63) is 28.8 Å². The third kappa shape index (κ3) is 4.90. The first-order valence-corrected chi connectivity index (χ1v) is 7.72. The molecule has 0 aliphatic carbocycles. The van der Waals surface area contributed by atoms with E-state index in [1.807, 2.05) is 36.9 Å². The molecule has 0 N–H and O–H groups in total. The number of amides is 1. The van der Waals surface area contributed by atoms with Crippen molar-refractivity contribution in [2.75, 3.05) is 26.3 Å². The Morgan fingerprint density at radius 1 is 1.52 bits per heavy atom. The number of benzene rings is 1. The van der Waals surface area contributed by atoms with Gasteiger partial charge in [0, 0.05) is 24.5 Å². The summed E-state index contributed by atoms with van der Waals surface area (Å²) in [7, 11) is 0. The van der Waals surface area contributed by atoms with Gasteiger partial charge in [0.1, 0.15) is 5.75 Å². The van der Waals surface area contributed by atoms with Crippen LogP contribution in [0.4, 0.5) is 0 Å². The van der Waals surface area contributed by atoms with Crippen molar-refractivity contribution in [3.8, 4) is 5.75 Å². The van der Waals surface area contributed by atoms with E-state index in [0.717, 1.165) is 16.3 Å². The highest BCUT2D eigenvalue weighted by Crippen LogP contribution is 2.21. The van der Waals surface area contributed by atoms with Gasteiger partial charge in [-0.25, -0.2) is 0 Å². The van der Waals surface area contributed by atoms with Crippen LogP contribution in [0.15, 0.2) is 18.2 Å². The second-order valence-corrected chi connectivity index (χ2v) is 5.79. The molecular weight excluding hydrogens is 290 g/mol. The third-order valence-corrected chi connectivity index (χ3v) is 3.95. The van der Waals surface area contributed by atoms with Crippen LogP contribution in [-0.2, 0) is 9.53 Å². The number of carbonyl (C=O) groups excluding carboxylic acids is 1. The lowest BCUT2D eigenvalue weighted by atomic mass is 10.2. The molecule has 0 saturated carbocycles. The Labute approximate surface area is 131 Å². The van der Waals surface area contributed by atoms with Crippen LogP contribution in [0.3, 0.4) is 0 Å². The maximum absolute atomic E-state index is 12.1. The average molecular weight is 312 g/mol. The lowest BCUT2D eigenvalue weighted by molar-refractivity contribution is -0.138. The van der Waals surface area contributed by atoms with Gasteiger partial charge in [-0.2, -0.15) is 0 Å². The molecule has 0 radical (unpaired) electrons. The van der Waals surface area contributed by atoms with Crippen LogP contribution >= 0.6 is 11.6 Å². The first-order chi connectivity index (χ1) is 10.1. The zero-order valence-electron chi connectivity index (χ0n) is 12.6. The number of nitrogens with zero attached hydrogens (tertiary/aromatic N) is 1. The standard InChI is InChI=1S/C16H22ClNO3/c1-12-10-14(5-6-15(12)17)21-8-3-4-16(19)18-7-9-20-13(2)11-18/h5-6,10,13H,3-4,7-9,11H2,1-2H3. The minimum atomic E-state index is 0.135. The van der Waals surface area contributed by atoms with Crippen LogP contribution in [0.1, 0.15) is 25.3 Å². The number of rotatable bonds is 5. The molecule has 21 heavy (non-hydrogen) atoms. The summed E-state index contributed by atoms with van der Waals surface area (Å²) in [6, 6.07) is 5.58. The Morgan fingerprint density at radius 2 is 2.33 bits per heavy atom. The monoisotopic (exact) mass is 311 g/mol. The van der Waals surface area contributed by atoms with Gasteiger partial charge in [0.15, 0.2) is 0 Å². The van der Waals surface area contributed by atoms with E-state index in [9.17, 15) is 4.79 Å². The lowest BCUT2D eigenvalue weighted by Crippen LogP contribution is -2.44. The van der Waals surface area contributed by atoms with Crippen molar-refractivity contribution in [1.29, 1.82) is 0 Å². The largest absolute Gasteiger partial charge is 0.494 e. The number of hydrogen-bond donors (Lipinski definition) is 0. The summed E-state index contributed by atoms with van der Waals surface area (Å²) >= 11 is 5.97. The molecule has 0 aromatic heterocycles. The summed E-state index contributed by atoms with van der Waals surface area (Å²) in [6.07, 6.45) is 1.36. The normalized spacial score (nSPS) is 18.6. The van der Waals surface area contributed by atoms with Crippen LogP contribution < -0.4 is 4.74 Å². The van der Waals surface area contributed by atoms with Gasteiger partial charge in [0.05, 0.1) is 19.3 Å². The number of carbonyl (C=O) groups is 1. The minimum absolute atomic E-state index is 0.135. The van der Waals surface area contributed by atoms with Crippen molar-refractivity contribution in [1.82, 2.24) is 4.90 Å². The number of ether oxygens (including phenoxy) is 2. The Hall–Kier alpha value is -1.26. The van der Waals surface area contributed by atoms with Gasteiger partial charge in [-0.1, -0.05) is 11.6 Å². The molecule has 2 rings (SSSR count). The van der Waals surface area contributed by atoms with E-state index in [1.54, 1.807) is 0 Å². The van der Waals surface area contributed by atoms with E-state index in [0.29, 0.717) is 39.1 Å². The number of hydrogen-bond acceptors (Lipinski definition) is 3. The molecule has 1 amide bonds. The predicted molar refractivity (Wildman–Crippen MR) is 82.9 cm³/mol. The highest BCUT2D eigenvalue weighted by atomic mass is 35.5. The van der Waals surface area contributed by atoms with Crippen LogP contribution in [0.2, 0.25) is 5.02 Å². The third-order valence-electron chi connectivity index (χ3n) is 3.53. The Kier molecular flexibility index (Phi) is 5.88. The highest BCUT2D eigenvalue weighted by Gasteiger charge is 2.20. The molecule has 1 aliphatic heterocycles. The summed E-state index contributed by atoms with van der Waals surface area (Å²) in [4.78, 5) is 13.9. The highest BCUT2D eigenvalue weighted by molar-refractivity contribution is 6.31. The molecule has 1 fully saturated rings. The van der Waals surface area contributed by atoms with E-state index >= 15 is 0 Å². The summed E-state index contributed by atoms with van der Waals surface area (Å²) in [5.41, 5.74) is 0.993. The van der Waals surface area contributed by atoms with E-state index < -0.39 is 0 Å². The van der Waals surface area contributed by atoms with Gasteiger partial charge >= 0.3 is 0 Å². The molecule has 1 atom stereocenters.